The van der Waals surface area contributed by atoms with Crippen molar-refractivity contribution in [2.24, 2.45) is 0 Å². The molecular weight excluding hydrogens is 252 g/mol. The average Bonchev–Trinajstić information content (AvgIpc) is 2.52. The van der Waals surface area contributed by atoms with Crippen LogP contribution in [0.3, 0.4) is 0 Å². The topological polar surface area (TPSA) is 38.7 Å². The molecule has 0 saturated carbocycles. The molecule has 0 aliphatic carbocycles. The Balaban J connectivity index is 2.02. The van der Waals surface area contributed by atoms with Gasteiger partial charge in [-0.3, -0.25) is 0 Å². The molecule has 0 atom stereocenters. The van der Waals surface area contributed by atoms with Crippen LogP contribution in [0.25, 0.3) is 0 Å². The first-order valence-electron chi connectivity index (χ1n) is 6.28. The van der Waals surface area contributed by atoms with E-state index in [2.05, 4.69) is 11.8 Å². The molecule has 0 aliphatic rings. The maximum absolute atomic E-state index is 9.12. The molecule has 3 nitrogen and oxygen atoms in total. The van der Waals surface area contributed by atoms with E-state index >= 15 is 0 Å². The molecule has 0 heterocycles. The van der Waals surface area contributed by atoms with Gasteiger partial charge in [0.2, 0.25) is 0 Å². The molecule has 2 aromatic rings. The number of methoxy groups -OCH3 is 1. The van der Waals surface area contributed by atoms with Crippen LogP contribution >= 0.6 is 0 Å². The van der Waals surface area contributed by atoms with Crippen LogP contribution in [0.15, 0.2) is 48.5 Å². The normalized spacial score (nSPS) is 9.50. The van der Waals surface area contributed by atoms with Gasteiger partial charge in [0, 0.05) is 5.56 Å². The van der Waals surface area contributed by atoms with Crippen LogP contribution in [0.5, 0.6) is 11.5 Å². The van der Waals surface area contributed by atoms with E-state index in [4.69, 9.17) is 14.6 Å². The SMILES string of the molecule is COc1ccc(CO)cc1OCC#Cc1ccccc1. The predicted octanol–water partition coefficient (Wildman–Crippen LogP) is 2.62. The Bertz CT molecular complexity index is 609. The summed E-state index contributed by atoms with van der Waals surface area (Å²) in [6.45, 7) is 0.232. The molecule has 2 aromatic carbocycles. The minimum absolute atomic E-state index is 0.0317. The molecule has 0 fully saturated rings. The van der Waals surface area contributed by atoms with E-state index in [9.17, 15) is 0 Å². The van der Waals surface area contributed by atoms with E-state index in [0.717, 1.165) is 11.1 Å². The van der Waals surface area contributed by atoms with Gasteiger partial charge >= 0.3 is 0 Å². The number of hydrogen-bond donors (Lipinski definition) is 1. The lowest BCUT2D eigenvalue weighted by molar-refractivity contribution is 0.279. The molecule has 102 valence electrons. The molecule has 0 spiro atoms. The minimum Gasteiger partial charge on any atom is -0.493 e. The van der Waals surface area contributed by atoms with Crippen LogP contribution < -0.4 is 9.47 Å². The summed E-state index contributed by atoms with van der Waals surface area (Å²) in [5.74, 6) is 7.18. The summed E-state index contributed by atoms with van der Waals surface area (Å²) in [4.78, 5) is 0. The Hall–Kier alpha value is -2.44. The van der Waals surface area contributed by atoms with Gasteiger partial charge in [0.1, 0.15) is 6.61 Å². The lowest BCUT2D eigenvalue weighted by atomic mass is 10.2. The first-order valence-corrected chi connectivity index (χ1v) is 6.28. The number of aliphatic hydroxyl groups is 1. The lowest BCUT2D eigenvalue weighted by Gasteiger charge is -2.09. The average molecular weight is 268 g/mol. The van der Waals surface area contributed by atoms with E-state index < -0.39 is 0 Å². The molecule has 0 radical (unpaired) electrons. The third-order valence-electron chi connectivity index (χ3n) is 2.72. The monoisotopic (exact) mass is 268 g/mol. The fraction of sp³-hybridized carbons (Fsp3) is 0.176. The summed E-state index contributed by atoms with van der Waals surface area (Å²) in [6, 6.07) is 15.0. The number of hydrogen-bond acceptors (Lipinski definition) is 3. The molecule has 0 aromatic heterocycles. The summed E-state index contributed by atoms with van der Waals surface area (Å²) in [5.41, 5.74) is 1.73. The highest BCUT2D eigenvalue weighted by Gasteiger charge is 2.04. The fourth-order valence-electron chi connectivity index (χ4n) is 1.71. The second-order valence-corrected chi connectivity index (χ2v) is 4.10. The second kappa shape index (κ2) is 7.22. The molecule has 0 saturated heterocycles. The Morgan fingerprint density at radius 3 is 2.55 bits per heavy atom. The molecule has 1 N–H and O–H groups in total. The Labute approximate surface area is 118 Å². The first kappa shape index (κ1) is 14.0. The standard InChI is InChI=1S/C17H16O3/c1-19-16-10-9-15(13-18)12-17(16)20-11-5-8-14-6-3-2-4-7-14/h2-4,6-7,9-10,12,18H,11,13H2,1H3. The van der Waals surface area contributed by atoms with Crippen molar-refractivity contribution >= 4 is 0 Å². The fourth-order valence-corrected chi connectivity index (χ4v) is 1.71. The van der Waals surface area contributed by atoms with Crippen molar-refractivity contribution in [3.05, 3.63) is 59.7 Å². The van der Waals surface area contributed by atoms with Gasteiger partial charge in [0.15, 0.2) is 11.5 Å². The number of rotatable bonds is 4. The summed E-state index contributed by atoms with van der Waals surface area (Å²) in [7, 11) is 1.58. The molecule has 0 amide bonds. The van der Waals surface area contributed by atoms with Crippen molar-refractivity contribution in [1.29, 1.82) is 0 Å². The van der Waals surface area contributed by atoms with Crippen LogP contribution in [0.1, 0.15) is 11.1 Å². The second-order valence-electron chi connectivity index (χ2n) is 4.10. The van der Waals surface area contributed by atoms with Crippen molar-refractivity contribution in [2.45, 2.75) is 6.61 Å². The molecule has 20 heavy (non-hydrogen) atoms. The molecule has 2 rings (SSSR count). The number of benzene rings is 2. The van der Waals surface area contributed by atoms with Crippen LogP contribution in [0, 0.1) is 11.8 Å². The van der Waals surface area contributed by atoms with Gasteiger partial charge in [-0.2, -0.15) is 0 Å². The quantitative estimate of drug-likeness (QED) is 0.866. The smallest absolute Gasteiger partial charge is 0.162 e. The lowest BCUT2D eigenvalue weighted by Crippen LogP contribution is -1.98. The van der Waals surface area contributed by atoms with Gasteiger partial charge in [0.25, 0.3) is 0 Å². The highest BCUT2D eigenvalue weighted by molar-refractivity contribution is 5.43. The third-order valence-corrected chi connectivity index (χ3v) is 2.72. The first-order chi connectivity index (χ1) is 9.83. The Kier molecular flexibility index (Phi) is 5.05. The van der Waals surface area contributed by atoms with Crippen molar-refractivity contribution in [2.75, 3.05) is 13.7 Å². The van der Waals surface area contributed by atoms with E-state index in [1.54, 1.807) is 25.3 Å². The van der Waals surface area contributed by atoms with Crippen molar-refractivity contribution in [3.63, 3.8) is 0 Å². The number of aliphatic hydroxyl groups excluding tert-OH is 1. The zero-order chi connectivity index (χ0) is 14.2. The Morgan fingerprint density at radius 2 is 1.85 bits per heavy atom. The largest absolute Gasteiger partial charge is 0.493 e. The van der Waals surface area contributed by atoms with Crippen LogP contribution in [-0.2, 0) is 6.61 Å². The molecule has 0 bridgehead atoms. The molecule has 3 heteroatoms. The van der Waals surface area contributed by atoms with E-state index in [0.29, 0.717) is 11.5 Å². The highest BCUT2D eigenvalue weighted by Crippen LogP contribution is 2.27. The maximum Gasteiger partial charge on any atom is 0.162 e. The van der Waals surface area contributed by atoms with Gasteiger partial charge in [-0.05, 0) is 29.8 Å². The number of ether oxygens (including phenoxy) is 2. The Morgan fingerprint density at radius 1 is 1.05 bits per heavy atom. The summed E-state index contributed by atoms with van der Waals surface area (Å²) in [6.07, 6.45) is 0. The molecule has 0 unspecified atom stereocenters. The summed E-state index contributed by atoms with van der Waals surface area (Å²) < 4.78 is 10.8. The van der Waals surface area contributed by atoms with Crippen molar-refractivity contribution in [3.8, 4) is 23.3 Å². The van der Waals surface area contributed by atoms with Gasteiger partial charge in [-0.25, -0.2) is 0 Å². The van der Waals surface area contributed by atoms with E-state index in [1.165, 1.54) is 0 Å². The minimum atomic E-state index is -0.0317. The van der Waals surface area contributed by atoms with Crippen LogP contribution in [0.2, 0.25) is 0 Å². The van der Waals surface area contributed by atoms with Gasteiger partial charge in [-0.15, -0.1) is 0 Å². The highest BCUT2D eigenvalue weighted by atomic mass is 16.5. The van der Waals surface area contributed by atoms with Crippen molar-refractivity contribution < 1.29 is 14.6 Å². The van der Waals surface area contributed by atoms with E-state index in [1.807, 2.05) is 30.3 Å². The predicted molar refractivity (Wildman–Crippen MR) is 77.7 cm³/mol. The maximum atomic E-state index is 9.12. The van der Waals surface area contributed by atoms with Crippen LogP contribution in [0.4, 0.5) is 0 Å². The summed E-state index contributed by atoms with van der Waals surface area (Å²) in [5, 5.41) is 9.12. The zero-order valence-corrected chi connectivity index (χ0v) is 11.3. The zero-order valence-electron chi connectivity index (χ0n) is 11.3. The third kappa shape index (κ3) is 3.78. The van der Waals surface area contributed by atoms with Crippen LogP contribution in [-0.4, -0.2) is 18.8 Å². The molecule has 0 aliphatic heterocycles. The van der Waals surface area contributed by atoms with Gasteiger partial charge < -0.3 is 14.6 Å². The van der Waals surface area contributed by atoms with E-state index in [-0.39, 0.29) is 13.2 Å². The van der Waals surface area contributed by atoms with Gasteiger partial charge in [0.05, 0.1) is 13.7 Å². The summed E-state index contributed by atoms with van der Waals surface area (Å²) >= 11 is 0. The van der Waals surface area contributed by atoms with Crippen molar-refractivity contribution in [1.82, 2.24) is 0 Å². The molecular formula is C17H16O3. The van der Waals surface area contributed by atoms with Gasteiger partial charge in [-0.1, -0.05) is 36.1 Å².